The van der Waals surface area contributed by atoms with Gasteiger partial charge in [0.1, 0.15) is 39.7 Å². The Morgan fingerprint density at radius 2 is 1.80 bits per heavy atom. The SMILES string of the molecule is COc1cc(OCc2cccc(CC(=O)c3cc(Cl)nc(Cl)c3)c2)c2cc(-c3cn4nc(OC)sc4n3)oc2c1. The van der Waals surface area contributed by atoms with Gasteiger partial charge in [-0.3, -0.25) is 4.79 Å². The Labute approximate surface area is 241 Å². The average molecular weight is 595 g/mol. The molecule has 9 nitrogen and oxygen atoms in total. The molecule has 4 aromatic heterocycles. The van der Waals surface area contributed by atoms with Crippen molar-refractivity contribution in [3.63, 3.8) is 0 Å². The summed E-state index contributed by atoms with van der Waals surface area (Å²) in [7, 11) is 3.15. The van der Waals surface area contributed by atoms with Crippen LogP contribution < -0.4 is 14.2 Å². The summed E-state index contributed by atoms with van der Waals surface area (Å²) in [4.78, 5) is 22.0. The molecule has 0 atom stereocenters. The lowest BCUT2D eigenvalue weighted by Gasteiger charge is -2.10. The lowest BCUT2D eigenvalue weighted by Crippen LogP contribution is -2.05. The van der Waals surface area contributed by atoms with Crippen LogP contribution in [-0.2, 0) is 13.0 Å². The van der Waals surface area contributed by atoms with E-state index in [2.05, 4.69) is 15.1 Å². The van der Waals surface area contributed by atoms with Gasteiger partial charge in [-0.2, -0.15) is 0 Å². The summed E-state index contributed by atoms with van der Waals surface area (Å²) in [6, 6.07) is 16.2. The Balaban J connectivity index is 1.23. The Morgan fingerprint density at radius 3 is 2.55 bits per heavy atom. The lowest BCUT2D eigenvalue weighted by molar-refractivity contribution is 0.0993. The normalized spacial score (nSPS) is 11.3. The summed E-state index contributed by atoms with van der Waals surface area (Å²) >= 11 is 13.2. The van der Waals surface area contributed by atoms with Crippen molar-refractivity contribution in [3.05, 3.63) is 87.8 Å². The Hall–Kier alpha value is -4.12. The number of aromatic nitrogens is 4. The second kappa shape index (κ2) is 10.8. The maximum absolute atomic E-state index is 12.8. The summed E-state index contributed by atoms with van der Waals surface area (Å²) < 4.78 is 24.6. The standard InChI is InChI=1S/C28H20Cl2N4O5S/c1-36-18-10-22(19-12-24(39-23(19)11-18)20-13-34-27(31-20)40-28(33-34)37-2)38-14-16-5-3-4-15(6-16)7-21(35)17-8-25(29)32-26(30)9-17/h3-6,8-13H,7,14H2,1-2H3. The number of furan rings is 1. The molecule has 4 heterocycles. The van der Waals surface area contributed by atoms with E-state index in [1.165, 1.54) is 23.5 Å². The van der Waals surface area contributed by atoms with Gasteiger partial charge in [0.05, 0.1) is 25.8 Å². The molecule has 0 spiro atoms. The van der Waals surface area contributed by atoms with Crippen LogP contribution >= 0.6 is 34.5 Å². The number of ether oxygens (including phenoxy) is 3. The molecular formula is C28H20Cl2N4O5S. The van der Waals surface area contributed by atoms with E-state index in [9.17, 15) is 4.79 Å². The van der Waals surface area contributed by atoms with Crippen LogP contribution in [-0.4, -0.2) is 39.6 Å². The predicted octanol–water partition coefficient (Wildman–Crippen LogP) is 6.93. The van der Waals surface area contributed by atoms with E-state index < -0.39 is 0 Å². The highest BCUT2D eigenvalue weighted by Gasteiger charge is 2.17. The van der Waals surface area contributed by atoms with Crippen LogP contribution in [0.25, 0.3) is 27.4 Å². The number of hydrogen-bond donors (Lipinski definition) is 0. The van der Waals surface area contributed by atoms with E-state index in [-0.39, 0.29) is 29.1 Å². The number of methoxy groups -OCH3 is 2. The molecule has 0 unspecified atom stereocenters. The monoisotopic (exact) mass is 594 g/mol. The molecule has 0 radical (unpaired) electrons. The van der Waals surface area contributed by atoms with Gasteiger partial charge in [-0.15, -0.1) is 5.10 Å². The van der Waals surface area contributed by atoms with Crippen LogP contribution in [0.1, 0.15) is 21.5 Å². The zero-order valence-corrected chi connectivity index (χ0v) is 23.5. The molecule has 0 aliphatic rings. The first-order chi connectivity index (χ1) is 19.4. The summed E-state index contributed by atoms with van der Waals surface area (Å²) in [5.74, 6) is 1.64. The molecule has 2 aromatic carbocycles. The zero-order valence-electron chi connectivity index (χ0n) is 21.2. The lowest BCUT2D eigenvalue weighted by atomic mass is 10.0. The largest absolute Gasteiger partial charge is 0.496 e. The Kier molecular flexibility index (Phi) is 7.05. The number of carbonyl (C=O) groups excluding carboxylic acids is 1. The minimum absolute atomic E-state index is 0.113. The second-order valence-electron chi connectivity index (χ2n) is 8.78. The molecule has 0 saturated carbocycles. The average Bonchev–Trinajstić information content (AvgIpc) is 3.64. The van der Waals surface area contributed by atoms with E-state index in [1.807, 2.05) is 36.4 Å². The maximum atomic E-state index is 12.8. The topological polar surface area (TPSA) is 101 Å². The third kappa shape index (κ3) is 5.33. The van der Waals surface area contributed by atoms with E-state index in [0.29, 0.717) is 44.3 Å². The summed E-state index contributed by atoms with van der Waals surface area (Å²) in [5.41, 5.74) is 3.37. The zero-order chi connectivity index (χ0) is 27.8. The van der Waals surface area contributed by atoms with Gasteiger partial charge in [0.2, 0.25) is 4.96 Å². The Morgan fingerprint density at radius 1 is 1.00 bits per heavy atom. The number of fused-ring (bicyclic) bond motifs is 2. The van der Waals surface area contributed by atoms with Crippen molar-refractivity contribution in [2.75, 3.05) is 14.2 Å². The summed E-state index contributed by atoms with van der Waals surface area (Å²) in [6.07, 6.45) is 1.96. The van der Waals surface area contributed by atoms with E-state index >= 15 is 0 Å². The third-order valence-electron chi connectivity index (χ3n) is 6.10. The number of imidazole rings is 1. The van der Waals surface area contributed by atoms with Crippen molar-refractivity contribution >= 4 is 56.3 Å². The minimum atomic E-state index is -0.113. The number of Topliss-reactive ketones (excluding diaryl/α,β-unsaturated/α-hetero) is 1. The van der Waals surface area contributed by atoms with Crippen LogP contribution in [0.5, 0.6) is 16.7 Å². The van der Waals surface area contributed by atoms with Gasteiger partial charge in [-0.05, 0) is 40.7 Å². The number of ketones is 1. The fraction of sp³-hybridized carbons (Fsp3) is 0.143. The molecule has 0 N–H and O–H groups in total. The number of pyridine rings is 1. The van der Waals surface area contributed by atoms with Gasteiger partial charge in [-0.1, -0.05) is 47.5 Å². The van der Waals surface area contributed by atoms with Crippen molar-refractivity contribution in [2.24, 2.45) is 0 Å². The number of rotatable bonds is 9. The molecule has 6 rings (SSSR count). The molecule has 0 amide bonds. The van der Waals surface area contributed by atoms with Gasteiger partial charge in [-0.25, -0.2) is 14.5 Å². The van der Waals surface area contributed by atoms with Crippen molar-refractivity contribution in [3.8, 4) is 28.1 Å². The maximum Gasteiger partial charge on any atom is 0.294 e. The van der Waals surface area contributed by atoms with Gasteiger partial charge >= 0.3 is 0 Å². The molecule has 0 saturated heterocycles. The number of halogens is 2. The van der Waals surface area contributed by atoms with E-state index in [0.717, 1.165) is 16.5 Å². The molecule has 202 valence electrons. The smallest absolute Gasteiger partial charge is 0.294 e. The molecule has 40 heavy (non-hydrogen) atoms. The molecule has 0 fully saturated rings. The Bertz CT molecular complexity index is 1830. The molecule has 0 aliphatic heterocycles. The summed E-state index contributed by atoms with van der Waals surface area (Å²) in [6.45, 7) is 0.266. The first-order valence-corrected chi connectivity index (χ1v) is 13.5. The van der Waals surface area contributed by atoms with Gasteiger partial charge in [0.15, 0.2) is 11.5 Å². The quantitative estimate of drug-likeness (QED) is 0.131. The molecule has 0 bridgehead atoms. The molecule has 6 aromatic rings. The number of benzene rings is 2. The predicted molar refractivity (Wildman–Crippen MR) is 152 cm³/mol. The fourth-order valence-electron chi connectivity index (χ4n) is 4.23. The second-order valence-corrected chi connectivity index (χ2v) is 10.5. The van der Waals surface area contributed by atoms with Crippen LogP contribution in [0, 0.1) is 0 Å². The first kappa shape index (κ1) is 26.1. The van der Waals surface area contributed by atoms with Gasteiger partial charge in [0.25, 0.3) is 5.19 Å². The van der Waals surface area contributed by atoms with Crippen LogP contribution in [0.2, 0.25) is 10.3 Å². The van der Waals surface area contributed by atoms with Gasteiger partial charge in [0, 0.05) is 24.1 Å². The highest BCUT2D eigenvalue weighted by Crippen LogP contribution is 2.37. The van der Waals surface area contributed by atoms with E-state index in [1.54, 1.807) is 31.0 Å². The highest BCUT2D eigenvalue weighted by atomic mass is 35.5. The van der Waals surface area contributed by atoms with Crippen LogP contribution in [0.3, 0.4) is 0 Å². The number of nitrogens with zero attached hydrogens (tertiary/aromatic N) is 4. The van der Waals surface area contributed by atoms with Crippen LogP contribution in [0.4, 0.5) is 0 Å². The highest BCUT2D eigenvalue weighted by molar-refractivity contribution is 7.18. The fourth-order valence-corrected chi connectivity index (χ4v) is 5.39. The van der Waals surface area contributed by atoms with Crippen LogP contribution in [0.15, 0.2) is 65.2 Å². The third-order valence-corrected chi connectivity index (χ3v) is 7.37. The number of hydrogen-bond acceptors (Lipinski definition) is 9. The van der Waals surface area contributed by atoms with Crippen molar-refractivity contribution in [2.45, 2.75) is 13.0 Å². The minimum Gasteiger partial charge on any atom is -0.496 e. The molecule has 0 aliphatic carbocycles. The van der Waals surface area contributed by atoms with Crippen molar-refractivity contribution in [1.29, 1.82) is 0 Å². The molecule has 12 heteroatoms. The van der Waals surface area contributed by atoms with Crippen molar-refractivity contribution in [1.82, 2.24) is 19.6 Å². The van der Waals surface area contributed by atoms with E-state index in [4.69, 9.17) is 41.8 Å². The van der Waals surface area contributed by atoms with Crippen molar-refractivity contribution < 1.29 is 23.4 Å². The number of carbonyl (C=O) groups is 1. The summed E-state index contributed by atoms with van der Waals surface area (Å²) in [5, 5.41) is 5.97. The molecular weight excluding hydrogens is 575 g/mol. The first-order valence-electron chi connectivity index (χ1n) is 12.0. The van der Waals surface area contributed by atoms with Gasteiger partial charge < -0.3 is 18.6 Å².